The van der Waals surface area contributed by atoms with Crippen molar-refractivity contribution in [3.05, 3.63) is 35.4 Å². The van der Waals surface area contributed by atoms with Gasteiger partial charge >= 0.3 is 5.97 Å². The molecule has 0 aliphatic rings. The largest absolute Gasteiger partial charge is 0.468 e. The van der Waals surface area contributed by atoms with Gasteiger partial charge in [-0.2, -0.15) is 0 Å². The van der Waals surface area contributed by atoms with E-state index in [1.807, 2.05) is 72.7 Å². The van der Waals surface area contributed by atoms with E-state index in [1.54, 1.807) is 0 Å². The summed E-state index contributed by atoms with van der Waals surface area (Å²) in [7, 11) is 1.42. The number of methoxy groups -OCH3 is 1. The standard InChI is InChI=1S/C12H16O2.2C2H6/c1-9-7-5-6-8-10(9)12(2,3)11(13)14-4;2*1-2/h5-8H,1-4H3;2*1-2H3. The maximum atomic E-state index is 11.6. The summed E-state index contributed by atoms with van der Waals surface area (Å²) in [5.41, 5.74) is 1.56. The number of esters is 1. The van der Waals surface area contributed by atoms with Crippen molar-refractivity contribution in [3.63, 3.8) is 0 Å². The highest BCUT2D eigenvalue weighted by Crippen LogP contribution is 2.27. The Hall–Kier alpha value is -1.31. The SMILES string of the molecule is CC.CC.COC(=O)C(C)(C)c1ccccc1C. The Morgan fingerprint density at radius 2 is 1.50 bits per heavy atom. The first-order chi connectivity index (χ1) is 8.50. The lowest BCUT2D eigenvalue weighted by molar-refractivity contribution is -0.146. The van der Waals surface area contributed by atoms with Gasteiger partial charge < -0.3 is 4.74 Å². The van der Waals surface area contributed by atoms with Gasteiger partial charge in [0.15, 0.2) is 0 Å². The zero-order chi connectivity index (χ0) is 14.8. The summed E-state index contributed by atoms with van der Waals surface area (Å²) in [6.45, 7) is 13.8. The van der Waals surface area contributed by atoms with Crippen LogP contribution in [0.5, 0.6) is 0 Å². The third-order valence-corrected chi connectivity index (χ3v) is 2.51. The molecule has 18 heavy (non-hydrogen) atoms. The molecule has 0 saturated carbocycles. The van der Waals surface area contributed by atoms with Crippen LogP contribution in [0.4, 0.5) is 0 Å². The molecule has 2 nitrogen and oxygen atoms in total. The summed E-state index contributed by atoms with van der Waals surface area (Å²) >= 11 is 0. The molecule has 1 aromatic carbocycles. The fourth-order valence-corrected chi connectivity index (χ4v) is 1.64. The van der Waals surface area contributed by atoms with Crippen LogP contribution in [0.25, 0.3) is 0 Å². The van der Waals surface area contributed by atoms with Crippen LogP contribution in [0.2, 0.25) is 0 Å². The van der Waals surface area contributed by atoms with E-state index >= 15 is 0 Å². The van der Waals surface area contributed by atoms with Crippen molar-refractivity contribution in [2.75, 3.05) is 7.11 Å². The second-order valence-electron chi connectivity index (χ2n) is 3.93. The summed E-state index contributed by atoms with van der Waals surface area (Å²) in [5, 5.41) is 0. The van der Waals surface area contributed by atoms with Crippen LogP contribution in [-0.4, -0.2) is 13.1 Å². The van der Waals surface area contributed by atoms with E-state index in [0.717, 1.165) is 11.1 Å². The number of hydrogen-bond acceptors (Lipinski definition) is 2. The third kappa shape index (κ3) is 4.91. The van der Waals surface area contributed by atoms with E-state index < -0.39 is 5.41 Å². The van der Waals surface area contributed by atoms with Crippen LogP contribution < -0.4 is 0 Å². The molecule has 104 valence electrons. The minimum atomic E-state index is -0.569. The van der Waals surface area contributed by atoms with E-state index in [4.69, 9.17) is 4.74 Å². The van der Waals surface area contributed by atoms with Gasteiger partial charge in [0.2, 0.25) is 0 Å². The van der Waals surface area contributed by atoms with Gasteiger partial charge in [0.1, 0.15) is 0 Å². The minimum Gasteiger partial charge on any atom is -0.468 e. The fourth-order valence-electron chi connectivity index (χ4n) is 1.64. The van der Waals surface area contributed by atoms with Gasteiger partial charge in [-0.3, -0.25) is 4.79 Å². The molecule has 0 bridgehead atoms. The predicted octanol–water partition coefficient (Wildman–Crippen LogP) is 4.50. The molecule has 0 heterocycles. The number of ether oxygens (including phenoxy) is 1. The lowest BCUT2D eigenvalue weighted by atomic mass is 9.82. The van der Waals surface area contributed by atoms with Gasteiger partial charge in [-0.05, 0) is 31.9 Å². The molecule has 0 N–H and O–H groups in total. The molecule has 0 aliphatic carbocycles. The Labute approximate surface area is 112 Å². The Kier molecular flexibility index (Phi) is 10.3. The van der Waals surface area contributed by atoms with Gasteiger partial charge in [-0.25, -0.2) is 0 Å². The number of carbonyl (C=O) groups is 1. The second-order valence-corrected chi connectivity index (χ2v) is 3.93. The second kappa shape index (κ2) is 9.69. The van der Waals surface area contributed by atoms with Crippen LogP contribution in [-0.2, 0) is 14.9 Å². The Morgan fingerprint density at radius 3 is 1.89 bits per heavy atom. The van der Waals surface area contributed by atoms with Gasteiger partial charge in [0, 0.05) is 0 Å². The Balaban J connectivity index is 0. The van der Waals surface area contributed by atoms with E-state index in [-0.39, 0.29) is 5.97 Å². The monoisotopic (exact) mass is 252 g/mol. The van der Waals surface area contributed by atoms with Crippen LogP contribution in [0.15, 0.2) is 24.3 Å². The molecule has 0 spiro atoms. The summed E-state index contributed by atoms with van der Waals surface area (Å²) in [6, 6.07) is 7.87. The van der Waals surface area contributed by atoms with Crippen LogP contribution in [0.1, 0.15) is 52.7 Å². The van der Waals surface area contributed by atoms with Crippen LogP contribution >= 0.6 is 0 Å². The van der Waals surface area contributed by atoms with Crippen LogP contribution in [0, 0.1) is 6.92 Å². The van der Waals surface area contributed by atoms with Gasteiger partial charge in [-0.15, -0.1) is 0 Å². The molecule has 0 aliphatic heterocycles. The van der Waals surface area contributed by atoms with E-state index in [1.165, 1.54) is 7.11 Å². The Bertz CT molecular complexity index is 341. The van der Waals surface area contributed by atoms with Gasteiger partial charge in [0.05, 0.1) is 12.5 Å². The zero-order valence-electron chi connectivity index (χ0n) is 13.1. The van der Waals surface area contributed by atoms with Crippen molar-refractivity contribution in [3.8, 4) is 0 Å². The average Bonchev–Trinajstić information content (AvgIpc) is 2.42. The molecule has 0 atom stereocenters. The normalized spacial score (nSPS) is 9.33. The molecule has 0 aromatic heterocycles. The molecule has 1 rings (SSSR count). The van der Waals surface area contributed by atoms with Crippen molar-refractivity contribution >= 4 is 5.97 Å². The Morgan fingerprint density at radius 1 is 1.06 bits per heavy atom. The molecule has 1 aromatic rings. The maximum absolute atomic E-state index is 11.6. The first kappa shape index (κ1) is 19.0. The zero-order valence-corrected chi connectivity index (χ0v) is 13.1. The highest BCUT2D eigenvalue weighted by atomic mass is 16.5. The number of benzene rings is 1. The third-order valence-electron chi connectivity index (χ3n) is 2.51. The van der Waals surface area contributed by atoms with E-state index in [9.17, 15) is 4.79 Å². The molecular weight excluding hydrogens is 224 g/mol. The minimum absolute atomic E-state index is 0.202. The van der Waals surface area contributed by atoms with E-state index in [2.05, 4.69) is 0 Å². The summed E-state index contributed by atoms with van der Waals surface area (Å²) in [4.78, 5) is 11.6. The molecule has 0 saturated heterocycles. The lowest BCUT2D eigenvalue weighted by Crippen LogP contribution is -2.30. The quantitative estimate of drug-likeness (QED) is 0.724. The average molecular weight is 252 g/mol. The van der Waals surface area contributed by atoms with Crippen molar-refractivity contribution in [2.45, 2.75) is 53.9 Å². The van der Waals surface area contributed by atoms with Crippen molar-refractivity contribution < 1.29 is 9.53 Å². The first-order valence-corrected chi connectivity index (χ1v) is 6.64. The summed E-state index contributed by atoms with van der Waals surface area (Å²) in [5.74, 6) is -0.202. The number of carbonyl (C=O) groups excluding carboxylic acids is 1. The predicted molar refractivity (Wildman–Crippen MR) is 78.9 cm³/mol. The topological polar surface area (TPSA) is 26.3 Å². The van der Waals surface area contributed by atoms with Crippen molar-refractivity contribution in [1.82, 2.24) is 0 Å². The molecule has 0 unspecified atom stereocenters. The summed E-state index contributed by atoms with van der Waals surface area (Å²) in [6.07, 6.45) is 0. The highest BCUT2D eigenvalue weighted by molar-refractivity contribution is 5.82. The van der Waals surface area contributed by atoms with Crippen molar-refractivity contribution in [1.29, 1.82) is 0 Å². The number of hydrogen-bond donors (Lipinski definition) is 0. The van der Waals surface area contributed by atoms with Crippen molar-refractivity contribution in [2.24, 2.45) is 0 Å². The molecule has 0 fully saturated rings. The molecular formula is C16H28O2. The molecule has 0 radical (unpaired) electrons. The highest BCUT2D eigenvalue weighted by Gasteiger charge is 2.31. The fraction of sp³-hybridized carbons (Fsp3) is 0.562. The smallest absolute Gasteiger partial charge is 0.315 e. The van der Waals surface area contributed by atoms with Crippen LogP contribution in [0.3, 0.4) is 0 Å². The molecule has 2 heteroatoms. The summed E-state index contributed by atoms with van der Waals surface area (Å²) < 4.78 is 4.79. The van der Waals surface area contributed by atoms with E-state index in [0.29, 0.717) is 0 Å². The lowest BCUT2D eigenvalue weighted by Gasteiger charge is -2.23. The number of rotatable bonds is 2. The number of aryl methyl sites for hydroxylation is 1. The maximum Gasteiger partial charge on any atom is 0.315 e. The van der Waals surface area contributed by atoms with Gasteiger partial charge in [-0.1, -0.05) is 52.0 Å². The molecule has 0 amide bonds. The van der Waals surface area contributed by atoms with Gasteiger partial charge in [0.25, 0.3) is 0 Å². The first-order valence-electron chi connectivity index (χ1n) is 6.64.